The van der Waals surface area contributed by atoms with E-state index in [0.29, 0.717) is 39.7 Å². The van der Waals surface area contributed by atoms with E-state index in [9.17, 15) is 0 Å². The molecule has 0 unspecified atom stereocenters. The molecule has 5 aromatic rings. The Kier molecular flexibility index (Phi) is 5.76. The summed E-state index contributed by atoms with van der Waals surface area (Å²) in [6.45, 7) is 8.10. The highest BCUT2D eigenvalue weighted by Gasteiger charge is 2.27. The first-order chi connectivity index (χ1) is 17.8. The Bertz CT molecular complexity index is 1590. The number of hydrogen-bond donors (Lipinski definition) is 1. The molecule has 0 atom stereocenters. The first-order valence-electron chi connectivity index (χ1n) is 12.2. The summed E-state index contributed by atoms with van der Waals surface area (Å²) in [5.74, 6) is 2.24. The van der Waals surface area contributed by atoms with E-state index in [1.165, 1.54) is 0 Å². The van der Waals surface area contributed by atoms with Crippen molar-refractivity contribution in [3.05, 3.63) is 47.8 Å². The maximum atomic E-state index is 6.79. The van der Waals surface area contributed by atoms with E-state index in [-0.39, 0.29) is 5.41 Å². The third-order valence-electron chi connectivity index (χ3n) is 6.60. The summed E-state index contributed by atoms with van der Waals surface area (Å²) in [4.78, 5) is 13.3. The number of halogens is 1. The SMILES string of the molecule is Cn1c(Nc2cc(C(C)(C)C)n(C3CCOCC3)n2)nc2ncc(Oc3cnn4ccncc34)c(Cl)c21. The van der Waals surface area contributed by atoms with Crippen molar-refractivity contribution in [1.29, 1.82) is 0 Å². The molecule has 6 rings (SSSR count). The number of hydrogen-bond acceptors (Lipinski definition) is 8. The molecule has 6 heterocycles. The molecule has 11 nitrogen and oxygen atoms in total. The predicted molar refractivity (Wildman–Crippen MR) is 140 cm³/mol. The number of fused-ring (bicyclic) bond motifs is 2. The van der Waals surface area contributed by atoms with Crippen LogP contribution in [-0.4, -0.2) is 52.1 Å². The monoisotopic (exact) mass is 521 g/mol. The van der Waals surface area contributed by atoms with E-state index in [4.69, 9.17) is 26.2 Å². The summed E-state index contributed by atoms with van der Waals surface area (Å²) in [5.41, 5.74) is 2.97. The summed E-state index contributed by atoms with van der Waals surface area (Å²) in [7, 11) is 1.88. The highest BCUT2D eigenvalue weighted by molar-refractivity contribution is 6.36. The number of aryl methyl sites for hydroxylation is 1. The van der Waals surface area contributed by atoms with E-state index < -0.39 is 0 Å². The van der Waals surface area contributed by atoms with Crippen LogP contribution in [0.2, 0.25) is 5.02 Å². The van der Waals surface area contributed by atoms with E-state index in [1.807, 2.05) is 11.6 Å². The summed E-state index contributed by atoms with van der Waals surface area (Å²) in [6, 6.07) is 2.40. The Morgan fingerprint density at radius 2 is 1.95 bits per heavy atom. The standard InChI is InChI=1S/C25H28ClN9O2/c1-25(2,3)19-11-20(32-35(19)15-5-9-36-10-6-15)30-24-31-23-22(33(24)4)21(26)18(13-28-23)37-17-14-29-34-8-7-27-12-16(17)34/h7-8,11-15H,5-6,9-10H2,1-4H3,(H,28,30,31,32). The molecule has 0 aliphatic carbocycles. The van der Waals surface area contributed by atoms with Crippen molar-refractivity contribution in [2.75, 3.05) is 18.5 Å². The largest absolute Gasteiger partial charge is 0.450 e. The van der Waals surface area contributed by atoms with Crippen molar-refractivity contribution in [3.8, 4) is 11.5 Å². The van der Waals surface area contributed by atoms with Gasteiger partial charge in [-0.2, -0.15) is 15.2 Å². The van der Waals surface area contributed by atoms with Gasteiger partial charge in [-0.25, -0.2) is 9.50 Å². The zero-order valence-electron chi connectivity index (χ0n) is 21.1. The Morgan fingerprint density at radius 1 is 1.14 bits per heavy atom. The molecule has 5 aromatic heterocycles. The minimum Gasteiger partial charge on any atom is -0.450 e. The molecule has 1 N–H and O–H groups in total. The molecule has 37 heavy (non-hydrogen) atoms. The maximum Gasteiger partial charge on any atom is 0.210 e. The van der Waals surface area contributed by atoms with Gasteiger partial charge in [0.2, 0.25) is 5.95 Å². The van der Waals surface area contributed by atoms with Gasteiger partial charge in [-0.1, -0.05) is 32.4 Å². The molecular weight excluding hydrogens is 494 g/mol. The molecule has 0 radical (unpaired) electrons. The fourth-order valence-corrected chi connectivity index (χ4v) is 4.94. The van der Waals surface area contributed by atoms with Gasteiger partial charge < -0.3 is 19.4 Å². The molecule has 0 spiro atoms. The lowest BCUT2D eigenvalue weighted by atomic mass is 9.91. The smallest absolute Gasteiger partial charge is 0.210 e. The normalized spacial score (nSPS) is 15.1. The highest BCUT2D eigenvalue weighted by Crippen LogP contribution is 2.37. The number of pyridine rings is 1. The van der Waals surface area contributed by atoms with Crippen LogP contribution in [0, 0.1) is 0 Å². The average molecular weight is 522 g/mol. The predicted octanol–water partition coefficient (Wildman–Crippen LogP) is 5.05. The van der Waals surface area contributed by atoms with Crippen LogP contribution in [-0.2, 0) is 17.2 Å². The van der Waals surface area contributed by atoms with Gasteiger partial charge in [0.05, 0.1) is 24.6 Å². The van der Waals surface area contributed by atoms with E-state index in [1.54, 1.807) is 35.5 Å². The van der Waals surface area contributed by atoms with Crippen molar-refractivity contribution < 1.29 is 9.47 Å². The summed E-state index contributed by atoms with van der Waals surface area (Å²) >= 11 is 6.79. The minimum absolute atomic E-state index is 0.0671. The van der Waals surface area contributed by atoms with Gasteiger partial charge in [0, 0.05) is 49.8 Å². The number of imidazole rings is 1. The third-order valence-corrected chi connectivity index (χ3v) is 6.96. The number of aromatic nitrogens is 8. The number of rotatable bonds is 5. The summed E-state index contributed by atoms with van der Waals surface area (Å²) in [6.07, 6.45) is 10.2. The van der Waals surface area contributed by atoms with Gasteiger partial charge >= 0.3 is 0 Å². The van der Waals surface area contributed by atoms with Gasteiger partial charge in [0.1, 0.15) is 16.1 Å². The van der Waals surface area contributed by atoms with E-state index in [0.717, 1.165) is 43.1 Å². The van der Waals surface area contributed by atoms with Crippen LogP contribution in [0.15, 0.2) is 37.1 Å². The highest BCUT2D eigenvalue weighted by atomic mass is 35.5. The zero-order chi connectivity index (χ0) is 25.7. The second-order valence-corrected chi connectivity index (χ2v) is 10.6. The number of nitrogens with one attached hydrogen (secondary N) is 1. The molecule has 192 valence electrons. The van der Waals surface area contributed by atoms with Crippen molar-refractivity contribution in [3.63, 3.8) is 0 Å². The Labute approximate surface area is 218 Å². The number of nitrogens with zero attached hydrogens (tertiary/aromatic N) is 8. The lowest BCUT2D eigenvalue weighted by Gasteiger charge is -2.28. The molecule has 0 amide bonds. The van der Waals surface area contributed by atoms with Crippen molar-refractivity contribution in [2.45, 2.75) is 45.1 Å². The molecule has 1 aliphatic heterocycles. The molecule has 1 fully saturated rings. The van der Waals surface area contributed by atoms with Gasteiger partial charge in [0.25, 0.3) is 0 Å². The second kappa shape index (κ2) is 9.00. The van der Waals surface area contributed by atoms with E-state index >= 15 is 0 Å². The zero-order valence-corrected chi connectivity index (χ0v) is 21.9. The van der Waals surface area contributed by atoms with Crippen LogP contribution in [0.1, 0.15) is 45.3 Å². The van der Waals surface area contributed by atoms with Crippen LogP contribution in [0.25, 0.3) is 16.7 Å². The van der Waals surface area contributed by atoms with Gasteiger partial charge in [-0.3, -0.25) is 9.67 Å². The summed E-state index contributed by atoms with van der Waals surface area (Å²) < 4.78 is 17.3. The van der Waals surface area contributed by atoms with Crippen LogP contribution >= 0.6 is 11.6 Å². The first kappa shape index (κ1) is 23.7. The number of ether oxygens (including phenoxy) is 2. The molecular formula is C25H28ClN9O2. The molecule has 0 saturated carbocycles. The maximum absolute atomic E-state index is 6.79. The Balaban J connectivity index is 1.33. The molecule has 1 aliphatic rings. The van der Waals surface area contributed by atoms with Crippen LogP contribution < -0.4 is 10.1 Å². The number of anilines is 2. The van der Waals surface area contributed by atoms with Crippen LogP contribution in [0.5, 0.6) is 11.5 Å². The topological polar surface area (TPSA) is 109 Å². The first-order valence-corrected chi connectivity index (χ1v) is 12.6. The van der Waals surface area contributed by atoms with Crippen molar-refractivity contribution in [1.82, 2.24) is 38.9 Å². The Hall–Kier alpha value is -3.70. The van der Waals surface area contributed by atoms with Crippen LogP contribution in [0.4, 0.5) is 11.8 Å². The van der Waals surface area contributed by atoms with Gasteiger partial charge in [-0.15, -0.1) is 0 Å². The lowest BCUT2D eigenvalue weighted by Crippen LogP contribution is -2.26. The average Bonchev–Trinajstić information content (AvgIpc) is 3.58. The van der Waals surface area contributed by atoms with Crippen LogP contribution in [0.3, 0.4) is 0 Å². The van der Waals surface area contributed by atoms with Crippen molar-refractivity contribution in [2.24, 2.45) is 7.05 Å². The minimum atomic E-state index is -0.0671. The van der Waals surface area contributed by atoms with E-state index in [2.05, 4.69) is 56.9 Å². The van der Waals surface area contributed by atoms with Gasteiger partial charge in [-0.05, 0) is 12.8 Å². The molecule has 12 heteroatoms. The second-order valence-electron chi connectivity index (χ2n) is 10.2. The summed E-state index contributed by atoms with van der Waals surface area (Å²) in [5, 5.41) is 13.0. The molecule has 0 aromatic carbocycles. The fourth-order valence-electron chi connectivity index (χ4n) is 4.64. The Morgan fingerprint density at radius 3 is 2.73 bits per heavy atom. The molecule has 0 bridgehead atoms. The fraction of sp³-hybridized carbons (Fsp3) is 0.400. The van der Waals surface area contributed by atoms with Crippen molar-refractivity contribution >= 4 is 40.0 Å². The van der Waals surface area contributed by atoms with Gasteiger partial charge in [0.15, 0.2) is 23.0 Å². The third kappa shape index (κ3) is 4.27. The quantitative estimate of drug-likeness (QED) is 0.342. The lowest BCUT2D eigenvalue weighted by molar-refractivity contribution is 0.0646. The molecule has 1 saturated heterocycles.